The van der Waals surface area contributed by atoms with E-state index in [9.17, 15) is 13.2 Å². The van der Waals surface area contributed by atoms with Gasteiger partial charge in [-0.25, -0.2) is 17.9 Å². The van der Waals surface area contributed by atoms with E-state index in [4.69, 9.17) is 18.7 Å². The van der Waals surface area contributed by atoms with E-state index in [1.165, 1.54) is 31.4 Å². The van der Waals surface area contributed by atoms with Crippen LogP contribution in [0.2, 0.25) is 0 Å². The van der Waals surface area contributed by atoms with E-state index < -0.39 is 21.5 Å². The van der Waals surface area contributed by atoms with E-state index in [-0.39, 0.29) is 28.8 Å². The number of ether oxygens (including phenoxy) is 3. The first-order chi connectivity index (χ1) is 15.5. The molecule has 0 atom stereocenters. The molecule has 0 unspecified atom stereocenters. The fraction of sp³-hybridized carbons (Fsp3) is 0.318. The normalized spacial score (nSPS) is 11.8. The number of nitrogens with one attached hydrogen (secondary N) is 1. The summed E-state index contributed by atoms with van der Waals surface area (Å²) in [7, 11) is -0.646. The van der Waals surface area contributed by atoms with Gasteiger partial charge in [-0.15, -0.1) is 0 Å². The van der Waals surface area contributed by atoms with Crippen LogP contribution in [0.25, 0.3) is 11.4 Å². The zero-order chi connectivity index (χ0) is 24.2. The summed E-state index contributed by atoms with van der Waals surface area (Å²) in [5.74, 6) is 0.798. The Morgan fingerprint density at radius 1 is 1.06 bits per heavy atom. The molecule has 0 aliphatic heterocycles. The number of benzene rings is 2. The van der Waals surface area contributed by atoms with Crippen LogP contribution < -0.4 is 14.2 Å². The van der Waals surface area contributed by atoms with Gasteiger partial charge in [0, 0.05) is 11.6 Å². The first kappa shape index (κ1) is 24.2. The van der Waals surface area contributed by atoms with Crippen LogP contribution in [0.3, 0.4) is 0 Å². The first-order valence-corrected chi connectivity index (χ1v) is 11.4. The van der Waals surface area contributed by atoms with Gasteiger partial charge in [0.15, 0.2) is 6.61 Å². The molecule has 10 nitrogen and oxygen atoms in total. The van der Waals surface area contributed by atoms with Gasteiger partial charge in [0.05, 0.1) is 30.2 Å². The van der Waals surface area contributed by atoms with Crippen molar-refractivity contribution in [1.29, 1.82) is 0 Å². The van der Waals surface area contributed by atoms with Crippen LogP contribution in [0.5, 0.6) is 11.5 Å². The summed E-state index contributed by atoms with van der Waals surface area (Å²) in [5.41, 5.74) is 0.136. The molecule has 3 rings (SSSR count). The second-order valence-electron chi connectivity index (χ2n) is 8.03. The zero-order valence-electron chi connectivity index (χ0n) is 18.9. The lowest BCUT2D eigenvalue weighted by molar-refractivity contribution is 0.0429. The van der Waals surface area contributed by atoms with Gasteiger partial charge >= 0.3 is 5.97 Å². The lowest BCUT2D eigenvalue weighted by Gasteiger charge is -2.20. The van der Waals surface area contributed by atoms with Gasteiger partial charge in [-0.05, 0) is 57.2 Å². The standard InChI is InChI=1S/C22H25N3O7S/c1-22(2,3)25-33(27,28)16-9-6-14(7-10-16)21(26)31-13-19-23-20(24-32-19)17-11-8-15(29-4)12-18(17)30-5/h6-12,25H,13H2,1-5H3. The second kappa shape index (κ2) is 9.59. The fourth-order valence-corrected chi connectivity index (χ4v) is 4.27. The minimum Gasteiger partial charge on any atom is -0.497 e. The van der Waals surface area contributed by atoms with Gasteiger partial charge in [-0.1, -0.05) is 5.16 Å². The summed E-state index contributed by atoms with van der Waals surface area (Å²) in [4.78, 5) is 16.6. The molecule has 1 N–H and O–H groups in total. The van der Waals surface area contributed by atoms with Crippen molar-refractivity contribution in [2.75, 3.05) is 14.2 Å². The average Bonchev–Trinajstić information content (AvgIpc) is 3.24. The molecule has 0 bridgehead atoms. The van der Waals surface area contributed by atoms with Crippen molar-refractivity contribution in [3.8, 4) is 22.9 Å². The van der Waals surface area contributed by atoms with Crippen LogP contribution in [-0.4, -0.2) is 44.3 Å². The summed E-state index contributed by atoms with van der Waals surface area (Å²) >= 11 is 0. The van der Waals surface area contributed by atoms with Crippen LogP contribution in [0.4, 0.5) is 0 Å². The van der Waals surface area contributed by atoms with Crippen molar-refractivity contribution >= 4 is 16.0 Å². The van der Waals surface area contributed by atoms with Gasteiger partial charge in [-0.2, -0.15) is 4.98 Å². The second-order valence-corrected chi connectivity index (χ2v) is 9.72. The summed E-state index contributed by atoms with van der Waals surface area (Å²) in [6.45, 7) is 4.97. The maximum absolute atomic E-state index is 12.4. The van der Waals surface area contributed by atoms with E-state index in [2.05, 4.69) is 14.9 Å². The Labute approximate surface area is 191 Å². The lowest BCUT2D eigenvalue weighted by atomic mass is 10.1. The molecule has 1 aromatic heterocycles. The van der Waals surface area contributed by atoms with Crippen LogP contribution in [0, 0.1) is 0 Å². The zero-order valence-corrected chi connectivity index (χ0v) is 19.7. The molecule has 0 aliphatic carbocycles. The van der Waals surface area contributed by atoms with E-state index in [0.717, 1.165) is 0 Å². The smallest absolute Gasteiger partial charge is 0.338 e. The Morgan fingerprint density at radius 2 is 1.76 bits per heavy atom. The molecule has 0 radical (unpaired) electrons. The van der Waals surface area contributed by atoms with Crippen molar-refractivity contribution in [2.45, 2.75) is 37.8 Å². The van der Waals surface area contributed by atoms with Gasteiger partial charge in [0.25, 0.3) is 5.89 Å². The van der Waals surface area contributed by atoms with E-state index in [1.54, 1.807) is 46.1 Å². The Hall–Kier alpha value is -3.44. The molecule has 33 heavy (non-hydrogen) atoms. The summed E-state index contributed by atoms with van der Waals surface area (Å²) < 4.78 is 48.2. The molecular formula is C22H25N3O7S. The number of aromatic nitrogens is 2. The average molecular weight is 476 g/mol. The summed E-state index contributed by atoms with van der Waals surface area (Å²) in [5, 5.41) is 3.90. The molecule has 0 fully saturated rings. The monoisotopic (exact) mass is 475 g/mol. The highest BCUT2D eigenvalue weighted by Crippen LogP contribution is 2.31. The van der Waals surface area contributed by atoms with Gasteiger partial charge in [-0.3, -0.25) is 0 Å². The molecule has 0 saturated heterocycles. The Balaban J connectivity index is 1.66. The number of hydrogen-bond acceptors (Lipinski definition) is 9. The van der Waals surface area contributed by atoms with Crippen molar-refractivity contribution in [2.24, 2.45) is 0 Å². The Bertz CT molecular complexity index is 1230. The lowest BCUT2D eigenvalue weighted by Crippen LogP contribution is -2.40. The maximum atomic E-state index is 12.4. The van der Waals surface area contributed by atoms with E-state index >= 15 is 0 Å². The molecule has 11 heteroatoms. The topological polar surface area (TPSA) is 130 Å². The van der Waals surface area contributed by atoms with Crippen LogP contribution >= 0.6 is 0 Å². The third-order valence-electron chi connectivity index (χ3n) is 4.29. The predicted molar refractivity (Wildman–Crippen MR) is 118 cm³/mol. The number of sulfonamides is 1. The number of carbonyl (C=O) groups excluding carboxylic acids is 1. The minimum atomic E-state index is -3.70. The van der Waals surface area contributed by atoms with Crippen molar-refractivity contribution < 1.29 is 31.9 Å². The Morgan fingerprint density at radius 3 is 2.36 bits per heavy atom. The molecule has 0 saturated carbocycles. The van der Waals surface area contributed by atoms with Crippen molar-refractivity contribution in [1.82, 2.24) is 14.9 Å². The quantitative estimate of drug-likeness (QED) is 0.488. The third kappa shape index (κ3) is 6.08. The molecule has 0 amide bonds. The highest BCUT2D eigenvalue weighted by atomic mass is 32.2. The highest BCUT2D eigenvalue weighted by Gasteiger charge is 2.22. The van der Waals surface area contributed by atoms with Gasteiger partial charge in [0.1, 0.15) is 11.5 Å². The molecule has 2 aromatic carbocycles. The number of esters is 1. The number of methoxy groups -OCH3 is 2. The molecule has 0 spiro atoms. The van der Waals surface area contributed by atoms with Crippen molar-refractivity contribution in [3.63, 3.8) is 0 Å². The van der Waals surface area contributed by atoms with Crippen LogP contribution in [0.1, 0.15) is 37.0 Å². The number of carbonyl (C=O) groups is 1. The maximum Gasteiger partial charge on any atom is 0.338 e. The summed E-state index contributed by atoms with van der Waals surface area (Å²) in [6, 6.07) is 10.6. The SMILES string of the molecule is COc1ccc(-c2noc(COC(=O)c3ccc(S(=O)(=O)NC(C)(C)C)cc3)n2)c(OC)c1. The first-order valence-electron chi connectivity index (χ1n) is 9.88. The fourth-order valence-electron chi connectivity index (χ4n) is 2.85. The molecule has 176 valence electrons. The predicted octanol–water partition coefficient (Wildman–Crippen LogP) is 3.19. The van der Waals surface area contributed by atoms with Gasteiger partial charge < -0.3 is 18.7 Å². The third-order valence-corrected chi connectivity index (χ3v) is 6.06. The largest absolute Gasteiger partial charge is 0.497 e. The Kier molecular flexibility index (Phi) is 7.04. The van der Waals surface area contributed by atoms with Crippen molar-refractivity contribution in [3.05, 3.63) is 53.9 Å². The van der Waals surface area contributed by atoms with Gasteiger partial charge in [0.2, 0.25) is 15.8 Å². The van der Waals surface area contributed by atoms with E-state index in [1.807, 2.05) is 0 Å². The van der Waals surface area contributed by atoms with Crippen LogP contribution in [-0.2, 0) is 21.4 Å². The van der Waals surface area contributed by atoms with Crippen LogP contribution in [0.15, 0.2) is 51.9 Å². The molecule has 3 aromatic rings. The minimum absolute atomic E-state index is 0.0453. The summed E-state index contributed by atoms with van der Waals surface area (Å²) in [6.07, 6.45) is 0. The number of nitrogens with zero attached hydrogens (tertiary/aromatic N) is 2. The van der Waals surface area contributed by atoms with E-state index in [0.29, 0.717) is 17.1 Å². The number of hydrogen-bond donors (Lipinski definition) is 1. The highest BCUT2D eigenvalue weighted by molar-refractivity contribution is 7.89. The molecule has 0 aliphatic rings. The number of rotatable bonds is 8. The molecule has 1 heterocycles. The molecular weight excluding hydrogens is 450 g/mol.